The van der Waals surface area contributed by atoms with E-state index in [1.54, 1.807) is 0 Å². The molecular weight excluding hydrogens is 242 g/mol. The number of aromatic nitrogens is 1. The first kappa shape index (κ1) is 12.0. The maximum Gasteiger partial charge on any atom is 0.257 e. The molecule has 2 aromatic rings. The molecule has 0 aliphatic carbocycles. The van der Waals surface area contributed by atoms with Gasteiger partial charge in [-0.25, -0.2) is 8.78 Å². The number of halogens is 2. The lowest BCUT2D eigenvalue weighted by molar-refractivity contribution is 0.102. The van der Waals surface area contributed by atoms with Gasteiger partial charge in [0.2, 0.25) is 5.56 Å². The minimum Gasteiger partial charge on any atom is -0.328 e. The summed E-state index contributed by atoms with van der Waals surface area (Å²) < 4.78 is 26.2. The summed E-state index contributed by atoms with van der Waals surface area (Å²) in [4.78, 5) is 24.8. The third-order valence-electron chi connectivity index (χ3n) is 2.22. The van der Waals surface area contributed by atoms with Crippen molar-refractivity contribution >= 4 is 11.6 Å². The highest BCUT2D eigenvalue weighted by Gasteiger charge is 2.10. The summed E-state index contributed by atoms with van der Waals surface area (Å²) >= 11 is 0. The number of rotatable bonds is 2. The van der Waals surface area contributed by atoms with Crippen molar-refractivity contribution in [2.24, 2.45) is 0 Å². The molecule has 92 valence electrons. The second-order valence-corrected chi connectivity index (χ2v) is 3.52. The van der Waals surface area contributed by atoms with Gasteiger partial charge >= 0.3 is 0 Å². The zero-order valence-corrected chi connectivity index (χ0v) is 9.04. The highest BCUT2D eigenvalue weighted by molar-refractivity contribution is 6.04. The lowest BCUT2D eigenvalue weighted by Gasteiger charge is -2.06. The first-order chi connectivity index (χ1) is 8.56. The summed E-state index contributed by atoms with van der Waals surface area (Å²) in [6, 6.07) is 5.18. The van der Waals surface area contributed by atoms with Gasteiger partial charge in [-0.3, -0.25) is 9.59 Å². The van der Waals surface area contributed by atoms with Crippen molar-refractivity contribution < 1.29 is 13.6 Å². The number of aromatic amines is 1. The molecule has 18 heavy (non-hydrogen) atoms. The third-order valence-corrected chi connectivity index (χ3v) is 2.22. The Labute approximate surface area is 100 Å². The van der Waals surface area contributed by atoms with Gasteiger partial charge in [0.05, 0.1) is 11.3 Å². The van der Waals surface area contributed by atoms with Crippen LogP contribution in [0.3, 0.4) is 0 Å². The first-order valence-corrected chi connectivity index (χ1v) is 5.01. The monoisotopic (exact) mass is 250 g/mol. The molecule has 0 spiro atoms. The Bertz CT molecular complexity index is 632. The molecule has 0 unspecified atom stereocenters. The van der Waals surface area contributed by atoms with Gasteiger partial charge in [0, 0.05) is 18.3 Å². The molecule has 1 aromatic heterocycles. The van der Waals surface area contributed by atoms with Gasteiger partial charge in [-0.05, 0) is 18.2 Å². The van der Waals surface area contributed by atoms with Crippen molar-refractivity contribution in [3.8, 4) is 0 Å². The van der Waals surface area contributed by atoms with E-state index in [0.29, 0.717) is 0 Å². The predicted octanol–water partition coefficient (Wildman–Crippen LogP) is 1.91. The fourth-order valence-electron chi connectivity index (χ4n) is 1.34. The molecule has 0 saturated heterocycles. The van der Waals surface area contributed by atoms with Gasteiger partial charge in [0.15, 0.2) is 0 Å². The minimum atomic E-state index is -0.742. The van der Waals surface area contributed by atoms with Gasteiger partial charge in [-0.2, -0.15) is 0 Å². The lowest BCUT2D eigenvalue weighted by Crippen LogP contribution is -2.15. The van der Waals surface area contributed by atoms with E-state index in [1.165, 1.54) is 12.3 Å². The Kier molecular flexibility index (Phi) is 3.18. The van der Waals surface area contributed by atoms with Crippen LogP contribution >= 0.6 is 0 Å². The maximum atomic E-state index is 13.3. The van der Waals surface area contributed by atoms with Crippen LogP contribution in [0, 0.1) is 11.6 Å². The van der Waals surface area contributed by atoms with Gasteiger partial charge < -0.3 is 10.3 Å². The van der Waals surface area contributed by atoms with E-state index < -0.39 is 17.5 Å². The Morgan fingerprint density at radius 3 is 2.61 bits per heavy atom. The number of pyridine rings is 1. The molecule has 0 aliphatic heterocycles. The molecule has 1 aromatic carbocycles. The number of hydrogen-bond acceptors (Lipinski definition) is 2. The van der Waals surface area contributed by atoms with Crippen LogP contribution in [0.5, 0.6) is 0 Å². The van der Waals surface area contributed by atoms with Crippen molar-refractivity contribution in [3.63, 3.8) is 0 Å². The van der Waals surface area contributed by atoms with E-state index in [9.17, 15) is 18.4 Å². The third kappa shape index (κ3) is 2.60. The topological polar surface area (TPSA) is 62.0 Å². The number of carbonyl (C=O) groups excluding carboxylic acids is 1. The Balaban J connectivity index is 2.23. The van der Waals surface area contributed by atoms with E-state index in [-0.39, 0.29) is 16.8 Å². The van der Waals surface area contributed by atoms with Gasteiger partial charge in [-0.15, -0.1) is 0 Å². The molecule has 0 saturated carbocycles. The van der Waals surface area contributed by atoms with Crippen molar-refractivity contribution in [1.82, 2.24) is 4.98 Å². The summed E-state index contributed by atoms with van der Waals surface area (Å²) in [6.45, 7) is 0. The molecule has 0 fully saturated rings. The maximum absolute atomic E-state index is 13.3. The van der Waals surface area contributed by atoms with Crippen molar-refractivity contribution in [2.45, 2.75) is 0 Å². The minimum absolute atomic E-state index is 0.137. The van der Waals surface area contributed by atoms with E-state index in [0.717, 1.165) is 24.3 Å². The Morgan fingerprint density at radius 2 is 1.94 bits per heavy atom. The SMILES string of the molecule is O=C(Nc1cc(F)ccc1F)c1ccc(=O)[nH]c1. The first-order valence-electron chi connectivity index (χ1n) is 5.01. The van der Waals surface area contributed by atoms with Crippen LogP contribution < -0.4 is 10.9 Å². The summed E-state index contributed by atoms with van der Waals surface area (Å²) in [5.41, 5.74) is -0.479. The Hall–Kier alpha value is -2.50. The van der Waals surface area contributed by atoms with Crippen molar-refractivity contribution in [3.05, 3.63) is 64.1 Å². The number of anilines is 1. The average molecular weight is 250 g/mol. The van der Waals surface area contributed by atoms with Crippen LogP contribution in [0.25, 0.3) is 0 Å². The van der Waals surface area contributed by atoms with Crippen LogP contribution in [-0.2, 0) is 0 Å². The number of carbonyl (C=O) groups is 1. The van der Waals surface area contributed by atoms with E-state index in [1.807, 2.05) is 0 Å². The molecular formula is C12H8F2N2O2. The van der Waals surface area contributed by atoms with Crippen LogP contribution in [0.4, 0.5) is 14.5 Å². The fraction of sp³-hybridized carbons (Fsp3) is 0. The van der Waals surface area contributed by atoms with Crippen LogP contribution in [0.1, 0.15) is 10.4 Å². The predicted molar refractivity (Wildman–Crippen MR) is 61.4 cm³/mol. The second-order valence-electron chi connectivity index (χ2n) is 3.52. The van der Waals surface area contributed by atoms with E-state index in [4.69, 9.17) is 0 Å². The van der Waals surface area contributed by atoms with Crippen LogP contribution in [0.15, 0.2) is 41.3 Å². The molecule has 0 atom stereocenters. The number of H-pyrrole nitrogens is 1. The molecule has 2 rings (SSSR count). The van der Waals surface area contributed by atoms with Gasteiger partial charge in [-0.1, -0.05) is 0 Å². The molecule has 2 N–H and O–H groups in total. The fourth-order valence-corrected chi connectivity index (χ4v) is 1.34. The summed E-state index contributed by atoms with van der Waals surface area (Å²) in [6.07, 6.45) is 1.19. The molecule has 4 nitrogen and oxygen atoms in total. The van der Waals surface area contributed by atoms with E-state index >= 15 is 0 Å². The van der Waals surface area contributed by atoms with Crippen molar-refractivity contribution in [2.75, 3.05) is 5.32 Å². The number of nitrogens with one attached hydrogen (secondary N) is 2. The van der Waals surface area contributed by atoms with Gasteiger partial charge in [0.1, 0.15) is 11.6 Å². The average Bonchev–Trinajstić information content (AvgIpc) is 2.34. The zero-order chi connectivity index (χ0) is 13.1. The Morgan fingerprint density at radius 1 is 1.17 bits per heavy atom. The lowest BCUT2D eigenvalue weighted by atomic mass is 10.2. The number of benzene rings is 1. The smallest absolute Gasteiger partial charge is 0.257 e. The summed E-state index contributed by atoms with van der Waals surface area (Å²) in [5, 5.41) is 2.21. The molecule has 0 radical (unpaired) electrons. The molecule has 1 heterocycles. The van der Waals surface area contributed by atoms with Crippen LogP contribution in [0.2, 0.25) is 0 Å². The standard InChI is InChI=1S/C12H8F2N2O2/c13-8-2-3-9(14)10(5-8)16-12(18)7-1-4-11(17)15-6-7/h1-6H,(H,15,17)(H,16,18). The highest BCUT2D eigenvalue weighted by atomic mass is 19.1. The summed E-state index contributed by atoms with van der Waals surface area (Å²) in [7, 11) is 0. The number of hydrogen-bond donors (Lipinski definition) is 2. The molecule has 6 heteroatoms. The van der Waals surface area contributed by atoms with Gasteiger partial charge in [0.25, 0.3) is 5.91 Å². The quantitative estimate of drug-likeness (QED) is 0.855. The van der Waals surface area contributed by atoms with Crippen LogP contribution in [-0.4, -0.2) is 10.9 Å². The molecule has 0 bridgehead atoms. The summed E-state index contributed by atoms with van der Waals surface area (Å²) in [5.74, 6) is -2.04. The normalized spacial score (nSPS) is 10.1. The van der Waals surface area contributed by atoms with E-state index in [2.05, 4.69) is 10.3 Å². The zero-order valence-electron chi connectivity index (χ0n) is 9.04. The van der Waals surface area contributed by atoms with Crippen molar-refractivity contribution in [1.29, 1.82) is 0 Å². The molecule has 1 amide bonds. The highest BCUT2D eigenvalue weighted by Crippen LogP contribution is 2.16. The number of amides is 1. The molecule has 0 aliphatic rings. The second kappa shape index (κ2) is 4.79. The largest absolute Gasteiger partial charge is 0.328 e.